The molecule has 2 bridgehead atoms. The van der Waals surface area contributed by atoms with Crippen LogP contribution in [0.1, 0.15) is 41.6 Å². The number of nitrogens with one attached hydrogen (secondary N) is 2. The number of hydrogen-bond donors (Lipinski definition) is 2. The Morgan fingerprint density at radius 3 is 2.22 bits per heavy atom. The van der Waals surface area contributed by atoms with Gasteiger partial charge in [-0.2, -0.15) is 0 Å². The summed E-state index contributed by atoms with van der Waals surface area (Å²) in [6.07, 6.45) is 1.78. The standard InChI is InChI=1S/C32H29N3O6/c1-18(36)33-22-10-12-23(13-11-22)34-27(37)17-41-32(40)20-8-5-9-24(14-20)35-30(38)28-21-15-25(19-6-3-2-4-7-19)26(16-21)29(28)31(35)39/h2-14,21,25-26,28-29H,15-17H2,1H3,(H,33,36)(H,34,37)/t21-,25-,26+,28+,29+/m0/s1. The Morgan fingerprint density at radius 2 is 1.51 bits per heavy atom. The molecule has 0 radical (unpaired) electrons. The summed E-state index contributed by atoms with van der Waals surface area (Å²) in [6, 6.07) is 22.9. The highest BCUT2D eigenvalue weighted by atomic mass is 16.5. The minimum Gasteiger partial charge on any atom is -0.452 e. The van der Waals surface area contributed by atoms with E-state index in [4.69, 9.17) is 4.74 Å². The maximum atomic E-state index is 13.6. The van der Waals surface area contributed by atoms with Gasteiger partial charge in [-0.15, -0.1) is 0 Å². The molecule has 9 nitrogen and oxygen atoms in total. The first kappa shape index (κ1) is 26.4. The molecular formula is C32H29N3O6. The fraction of sp³-hybridized carbons (Fsp3) is 0.281. The Kier molecular flexibility index (Phi) is 6.86. The summed E-state index contributed by atoms with van der Waals surface area (Å²) in [5, 5.41) is 5.26. The molecule has 5 atom stereocenters. The number of carbonyl (C=O) groups is 5. The van der Waals surface area contributed by atoms with E-state index in [0.717, 1.165) is 12.8 Å². The normalized spacial score (nSPS) is 24.2. The van der Waals surface area contributed by atoms with Gasteiger partial charge in [0.2, 0.25) is 17.7 Å². The summed E-state index contributed by atoms with van der Waals surface area (Å²) in [4.78, 5) is 64.6. The van der Waals surface area contributed by atoms with Crippen molar-refractivity contribution in [1.82, 2.24) is 0 Å². The summed E-state index contributed by atoms with van der Waals surface area (Å²) in [5.74, 6) is -2.00. The van der Waals surface area contributed by atoms with Crippen LogP contribution in [0.3, 0.4) is 0 Å². The second-order valence-corrected chi connectivity index (χ2v) is 10.9. The Morgan fingerprint density at radius 1 is 0.829 bits per heavy atom. The largest absolute Gasteiger partial charge is 0.452 e. The number of anilines is 3. The van der Waals surface area contributed by atoms with Crippen LogP contribution in [0.5, 0.6) is 0 Å². The van der Waals surface area contributed by atoms with Gasteiger partial charge in [-0.3, -0.25) is 24.1 Å². The van der Waals surface area contributed by atoms with Gasteiger partial charge in [-0.1, -0.05) is 36.4 Å². The predicted molar refractivity (Wildman–Crippen MR) is 151 cm³/mol. The zero-order valence-electron chi connectivity index (χ0n) is 22.4. The van der Waals surface area contributed by atoms with Crippen LogP contribution in [0.2, 0.25) is 0 Å². The van der Waals surface area contributed by atoms with Gasteiger partial charge in [-0.05, 0) is 78.6 Å². The molecule has 9 heteroatoms. The zero-order valence-corrected chi connectivity index (χ0v) is 22.4. The number of rotatable bonds is 7. The first-order valence-corrected chi connectivity index (χ1v) is 13.7. The number of amides is 4. The SMILES string of the molecule is CC(=O)Nc1ccc(NC(=O)COC(=O)c2cccc(N3C(=O)[C@@H]4[C@@H]5C[C@@H]([C@H]4C3=O)[C@H](c3ccccc3)C5)c2)cc1. The number of nitrogens with zero attached hydrogens (tertiary/aromatic N) is 1. The number of imide groups is 1. The first-order chi connectivity index (χ1) is 19.8. The predicted octanol–water partition coefficient (Wildman–Crippen LogP) is 4.37. The molecule has 41 heavy (non-hydrogen) atoms. The van der Waals surface area contributed by atoms with E-state index in [2.05, 4.69) is 22.8 Å². The van der Waals surface area contributed by atoms with E-state index in [1.807, 2.05) is 18.2 Å². The Hall–Kier alpha value is -4.79. The van der Waals surface area contributed by atoms with Gasteiger partial charge in [0.1, 0.15) is 0 Å². The average molecular weight is 552 g/mol. The topological polar surface area (TPSA) is 122 Å². The molecule has 3 aliphatic rings. The lowest BCUT2D eigenvalue weighted by Gasteiger charge is -2.28. The minimum atomic E-state index is -0.744. The van der Waals surface area contributed by atoms with E-state index in [9.17, 15) is 24.0 Å². The van der Waals surface area contributed by atoms with Crippen molar-refractivity contribution in [3.63, 3.8) is 0 Å². The maximum absolute atomic E-state index is 13.6. The van der Waals surface area contributed by atoms with E-state index in [1.54, 1.807) is 36.4 Å². The van der Waals surface area contributed by atoms with Gasteiger partial charge in [0.25, 0.3) is 5.91 Å². The molecule has 208 valence electrons. The number of carbonyl (C=O) groups excluding carboxylic acids is 5. The molecule has 1 heterocycles. The fourth-order valence-corrected chi connectivity index (χ4v) is 6.82. The Balaban J connectivity index is 1.10. The summed E-state index contributed by atoms with van der Waals surface area (Å²) in [5.41, 5.74) is 2.75. The van der Waals surface area contributed by atoms with Crippen LogP contribution >= 0.6 is 0 Å². The van der Waals surface area contributed by atoms with Crippen molar-refractivity contribution >= 4 is 46.7 Å². The summed E-state index contributed by atoms with van der Waals surface area (Å²) in [7, 11) is 0. The third-order valence-corrected chi connectivity index (χ3v) is 8.41. The van der Waals surface area contributed by atoms with E-state index in [0.29, 0.717) is 17.1 Å². The lowest BCUT2D eigenvalue weighted by molar-refractivity contribution is -0.123. The van der Waals surface area contributed by atoms with Crippen molar-refractivity contribution in [2.24, 2.45) is 23.7 Å². The van der Waals surface area contributed by atoms with Gasteiger partial charge in [-0.25, -0.2) is 4.79 Å². The van der Waals surface area contributed by atoms with Crippen LogP contribution in [0.25, 0.3) is 0 Å². The van der Waals surface area contributed by atoms with Crippen LogP contribution in [-0.2, 0) is 23.9 Å². The summed E-state index contributed by atoms with van der Waals surface area (Å²) in [6.45, 7) is 0.878. The van der Waals surface area contributed by atoms with Crippen molar-refractivity contribution < 1.29 is 28.7 Å². The molecular weight excluding hydrogens is 522 g/mol. The van der Waals surface area contributed by atoms with Crippen LogP contribution in [0, 0.1) is 23.7 Å². The molecule has 3 fully saturated rings. The van der Waals surface area contributed by atoms with Crippen molar-refractivity contribution in [3.8, 4) is 0 Å². The van der Waals surface area contributed by atoms with E-state index in [-0.39, 0.29) is 52.9 Å². The molecule has 4 amide bonds. The molecule has 2 aliphatic carbocycles. The molecule has 0 aromatic heterocycles. The Bertz CT molecular complexity index is 1540. The summed E-state index contributed by atoms with van der Waals surface area (Å²) >= 11 is 0. The smallest absolute Gasteiger partial charge is 0.338 e. The average Bonchev–Trinajstić information content (AvgIpc) is 3.64. The fourth-order valence-electron chi connectivity index (χ4n) is 6.82. The second-order valence-electron chi connectivity index (χ2n) is 10.9. The molecule has 2 saturated carbocycles. The lowest BCUT2D eigenvalue weighted by Crippen LogP contribution is -2.33. The quantitative estimate of drug-likeness (QED) is 0.332. The van der Waals surface area contributed by atoms with Crippen LogP contribution in [0.4, 0.5) is 17.1 Å². The molecule has 3 aromatic carbocycles. The van der Waals surface area contributed by atoms with Crippen molar-refractivity contribution in [2.45, 2.75) is 25.7 Å². The number of fused-ring (bicyclic) bond motifs is 5. The molecule has 6 rings (SSSR count). The van der Waals surface area contributed by atoms with Crippen molar-refractivity contribution in [3.05, 3.63) is 90.0 Å². The van der Waals surface area contributed by atoms with Gasteiger partial charge in [0.15, 0.2) is 6.61 Å². The second kappa shape index (κ2) is 10.6. The molecule has 1 saturated heterocycles. The van der Waals surface area contributed by atoms with E-state index < -0.39 is 18.5 Å². The zero-order chi connectivity index (χ0) is 28.7. The van der Waals surface area contributed by atoms with E-state index in [1.165, 1.54) is 29.5 Å². The Labute approximate surface area is 236 Å². The van der Waals surface area contributed by atoms with Gasteiger partial charge >= 0.3 is 5.97 Å². The maximum Gasteiger partial charge on any atom is 0.338 e. The van der Waals surface area contributed by atoms with Crippen LogP contribution in [-0.4, -0.2) is 36.2 Å². The molecule has 0 unspecified atom stereocenters. The lowest BCUT2D eigenvalue weighted by atomic mass is 9.73. The van der Waals surface area contributed by atoms with Gasteiger partial charge in [0, 0.05) is 18.3 Å². The highest BCUT2D eigenvalue weighted by molar-refractivity contribution is 6.23. The number of benzene rings is 3. The third-order valence-electron chi connectivity index (χ3n) is 8.41. The highest BCUT2D eigenvalue weighted by Crippen LogP contribution is 2.61. The third kappa shape index (κ3) is 4.99. The number of hydrogen-bond acceptors (Lipinski definition) is 6. The van der Waals surface area contributed by atoms with Crippen LogP contribution in [0.15, 0.2) is 78.9 Å². The number of ether oxygens (including phenoxy) is 1. The highest BCUT2D eigenvalue weighted by Gasteiger charge is 2.64. The monoisotopic (exact) mass is 551 g/mol. The van der Waals surface area contributed by atoms with Crippen LogP contribution < -0.4 is 15.5 Å². The molecule has 1 aliphatic heterocycles. The minimum absolute atomic E-state index is 0.127. The molecule has 0 spiro atoms. The molecule has 2 N–H and O–H groups in total. The van der Waals surface area contributed by atoms with Crippen molar-refractivity contribution in [1.29, 1.82) is 0 Å². The van der Waals surface area contributed by atoms with Gasteiger partial charge < -0.3 is 15.4 Å². The first-order valence-electron chi connectivity index (χ1n) is 13.7. The number of esters is 1. The van der Waals surface area contributed by atoms with Crippen molar-refractivity contribution in [2.75, 3.05) is 22.1 Å². The van der Waals surface area contributed by atoms with Gasteiger partial charge in [0.05, 0.1) is 23.1 Å². The molecule has 3 aromatic rings. The van der Waals surface area contributed by atoms with E-state index >= 15 is 0 Å². The summed E-state index contributed by atoms with van der Waals surface area (Å²) < 4.78 is 5.20.